The molecule has 0 fully saturated rings. The van der Waals surface area contributed by atoms with Gasteiger partial charge in [0.2, 0.25) is 0 Å². The summed E-state index contributed by atoms with van der Waals surface area (Å²) in [6, 6.07) is 9.50. The largest absolute Gasteiger partial charge is 0.493 e. The Hall–Kier alpha value is -2.58. The fourth-order valence-electron chi connectivity index (χ4n) is 2.27. The van der Waals surface area contributed by atoms with Crippen molar-refractivity contribution >= 4 is 21.2 Å². The molecule has 7 nitrogen and oxygen atoms in total. The summed E-state index contributed by atoms with van der Waals surface area (Å²) >= 11 is 0. The third-order valence-corrected chi connectivity index (χ3v) is 4.26. The van der Waals surface area contributed by atoms with Gasteiger partial charge in [-0.25, -0.2) is 4.98 Å². The van der Waals surface area contributed by atoms with Crippen molar-refractivity contribution in [2.45, 2.75) is 4.90 Å². The number of hydrogen-bond acceptors (Lipinski definition) is 5. The number of benzene rings is 2. The molecule has 0 aliphatic heterocycles. The molecule has 120 valence electrons. The van der Waals surface area contributed by atoms with E-state index in [1.165, 1.54) is 12.1 Å². The van der Waals surface area contributed by atoms with E-state index in [0.717, 1.165) is 5.56 Å². The first-order valence-electron chi connectivity index (χ1n) is 6.62. The van der Waals surface area contributed by atoms with Gasteiger partial charge in [-0.05, 0) is 36.4 Å². The van der Waals surface area contributed by atoms with Crippen LogP contribution in [0.2, 0.25) is 0 Å². The summed E-state index contributed by atoms with van der Waals surface area (Å²) in [7, 11) is -1.17. The van der Waals surface area contributed by atoms with Crippen LogP contribution in [0.25, 0.3) is 22.4 Å². The number of nitrogens with zero attached hydrogens (tertiary/aromatic N) is 1. The zero-order valence-corrected chi connectivity index (χ0v) is 13.2. The minimum absolute atomic E-state index is 0.199. The Morgan fingerprint density at radius 1 is 1.04 bits per heavy atom. The summed E-state index contributed by atoms with van der Waals surface area (Å²) in [6.45, 7) is 0. The Bertz CT molecular complexity index is 979. The van der Waals surface area contributed by atoms with Crippen molar-refractivity contribution in [2.24, 2.45) is 0 Å². The van der Waals surface area contributed by atoms with Crippen LogP contribution in [-0.4, -0.2) is 37.2 Å². The maximum Gasteiger partial charge on any atom is 0.294 e. The van der Waals surface area contributed by atoms with E-state index in [2.05, 4.69) is 9.97 Å². The highest BCUT2D eigenvalue weighted by atomic mass is 32.2. The van der Waals surface area contributed by atoms with E-state index >= 15 is 0 Å². The number of H-pyrrole nitrogens is 1. The van der Waals surface area contributed by atoms with Gasteiger partial charge in [0.15, 0.2) is 11.5 Å². The molecule has 0 saturated carbocycles. The van der Waals surface area contributed by atoms with Crippen molar-refractivity contribution in [2.75, 3.05) is 14.2 Å². The first kappa shape index (κ1) is 15.3. The second-order valence-electron chi connectivity index (χ2n) is 4.81. The van der Waals surface area contributed by atoms with Crippen molar-refractivity contribution in [1.82, 2.24) is 9.97 Å². The van der Waals surface area contributed by atoms with Crippen molar-refractivity contribution in [3.8, 4) is 22.9 Å². The van der Waals surface area contributed by atoms with Gasteiger partial charge < -0.3 is 14.5 Å². The van der Waals surface area contributed by atoms with E-state index in [4.69, 9.17) is 14.0 Å². The zero-order chi connectivity index (χ0) is 16.6. The van der Waals surface area contributed by atoms with Gasteiger partial charge >= 0.3 is 0 Å². The highest BCUT2D eigenvalue weighted by Gasteiger charge is 2.13. The Balaban J connectivity index is 2.10. The quantitative estimate of drug-likeness (QED) is 0.711. The van der Waals surface area contributed by atoms with E-state index in [1.807, 2.05) is 6.07 Å². The molecule has 2 aromatic carbocycles. The third kappa shape index (κ3) is 2.86. The molecule has 2 N–H and O–H groups in total. The maximum absolute atomic E-state index is 11.2. The van der Waals surface area contributed by atoms with Crippen LogP contribution >= 0.6 is 0 Å². The molecule has 3 rings (SSSR count). The first-order valence-corrected chi connectivity index (χ1v) is 8.06. The third-order valence-electron chi connectivity index (χ3n) is 3.41. The molecule has 0 atom stereocenters. The van der Waals surface area contributed by atoms with Crippen molar-refractivity contribution in [1.29, 1.82) is 0 Å². The number of imidazole rings is 1. The van der Waals surface area contributed by atoms with E-state index in [-0.39, 0.29) is 4.90 Å². The second-order valence-corrected chi connectivity index (χ2v) is 6.23. The van der Waals surface area contributed by atoms with Crippen LogP contribution in [0.3, 0.4) is 0 Å². The molecule has 0 radical (unpaired) electrons. The molecule has 0 aliphatic rings. The minimum Gasteiger partial charge on any atom is -0.493 e. The van der Waals surface area contributed by atoms with Crippen LogP contribution in [0.15, 0.2) is 41.3 Å². The van der Waals surface area contributed by atoms with Gasteiger partial charge in [0.05, 0.1) is 30.1 Å². The minimum atomic E-state index is -4.26. The van der Waals surface area contributed by atoms with Crippen LogP contribution < -0.4 is 9.47 Å². The van der Waals surface area contributed by atoms with Crippen molar-refractivity contribution in [3.63, 3.8) is 0 Å². The summed E-state index contributed by atoms with van der Waals surface area (Å²) in [4.78, 5) is 7.26. The molecule has 0 saturated heterocycles. The lowest BCUT2D eigenvalue weighted by atomic mass is 10.2. The SMILES string of the molecule is COc1ccc(-c2nc3cc(S(=O)(=O)O)ccc3[nH]2)cc1OC. The smallest absolute Gasteiger partial charge is 0.294 e. The summed E-state index contributed by atoms with van der Waals surface area (Å²) < 4.78 is 41.9. The monoisotopic (exact) mass is 334 g/mol. The lowest BCUT2D eigenvalue weighted by Gasteiger charge is -2.08. The van der Waals surface area contributed by atoms with E-state index in [1.54, 1.807) is 32.4 Å². The van der Waals surface area contributed by atoms with Crippen LogP contribution in [0.1, 0.15) is 0 Å². The van der Waals surface area contributed by atoms with Gasteiger partial charge in [-0.15, -0.1) is 0 Å². The average molecular weight is 334 g/mol. The normalized spacial score (nSPS) is 11.6. The van der Waals surface area contributed by atoms with E-state index in [9.17, 15) is 8.42 Å². The fraction of sp³-hybridized carbons (Fsp3) is 0.133. The van der Waals surface area contributed by atoms with Gasteiger partial charge in [-0.3, -0.25) is 4.55 Å². The molecule has 0 bridgehead atoms. The number of rotatable bonds is 4. The van der Waals surface area contributed by atoms with E-state index in [0.29, 0.717) is 28.4 Å². The molecule has 0 amide bonds. The summed E-state index contributed by atoms with van der Waals surface area (Å²) in [5.74, 6) is 1.71. The molecular weight excluding hydrogens is 320 g/mol. The lowest BCUT2D eigenvalue weighted by Crippen LogP contribution is -1.97. The van der Waals surface area contributed by atoms with Gasteiger partial charge in [0.1, 0.15) is 5.82 Å². The number of ether oxygens (including phenoxy) is 2. The molecule has 0 unspecified atom stereocenters. The maximum atomic E-state index is 11.2. The Labute approximate surface area is 132 Å². The van der Waals surface area contributed by atoms with Gasteiger partial charge in [-0.1, -0.05) is 0 Å². The molecule has 1 heterocycles. The fourth-order valence-corrected chi connectivity index (χ4v) is 2.77. The number of aromatic nitrogens is 2. The van der Waals surface area contributed by atoms with Crippen molar-refractivity contribution < 1.29 is 22.4 Å². The number of hydrogen-bond donors (Lipinski definition) is 2. The van der Waals surface area contributed by atoms with Crippen molar-refractivity contribution in [3.05, 3.63) is 36.4 Å². The second kappa shape index (κ2) is 5.56. The molecule has 3 aromatic rings. The molecule has 0 aliphatic carbocycles. The molecule has 8 heteroatoms. The van der Waals surface area contributed by atoms with Crippen LogP contribution in [0.5, 0.6) is 11.5 Å². The Morgan fingerprint density at radius 3 is 2.43 bits per heavy atom. The van der Waals surface area contributed by atoms with Gasteiger partial charge in [0, 0.05) is 5.56 Å². The summed E-state index contributed by atoms with van der Waals surface area (Å²) in [5, 5.41) is 0. The predicted octanol–water partition coefficient (Wildman–Crippen LogP) is 2.49. The van der Waals surface area contributed by atoms with Crippen LogP contribution in [-0.2, 0) is 10.1 Å². The van der Waals surface area contributed by atoms with Gasteiger partial charge in [0.25, 0.3) is 10.1 Å². The number of methoxy groups -OCH3 is 2. The molecule has 1 aromatic heterocycles. The number of nitrogens with one attached hydrogen (secondary N) is 1. The molecule has 0 spiro atoms. The van der Waals surface area contributed by atoms with Gasteiger partial charge in [-0.2, -0.15) is 8.42 Å². The highest BCUT2D eigenvalue weighted by Crippen LogP contribution is 2.32. The predicted molar refractivity (Wildman–Crippen MR) is 84.4 cm³/mol. The standard InChI is InChI=1S/C15H14N2O5S/c1-21-13-6-3-9(7-14(13)22-2)15-16-11-5-4-10(23(18,19)20)8-12(11)17-15/h3-8H,1-2H3,(H,16,17)(H,18,19,20). The zero-order valence-electron chi connectivity index (χ0n) is 12.4. The average Bonchev–Trinajstić information content (AvgIpc) is 2.96. The summed E-state index contributed by atoms with van der Waals surface area (Å²) in [5.41, 5.74) is 1.85. The van der Waals surface area contributed by atoms with Crippen LogP contribution in [0.4, 0.5) is 0 Å². The molecule has 23 heavy (non-hydrogen) atoms. The number of fused-ring (bicyclic) bond motifs is 1. The highest BCUT2D eigenvalue weighted by molar-refractivity contribution is 7.85. The van der Waals surface area contributed by atoms with Crippen LogP contribution in [0, 0.1) is 0 Å². The summed E-state index contributed by atoms with van der Waals surface area (Å²) in [6.07, 6.45) is 0. The topological polar surface area (TPSA) is 102 Å². The molecular formula is C15H14N2O5S. The Kier molecular flexibility index (Phi) is 3.70. The number of aromatic amines is 1. The van der Waals surface area contributed by atoms with E-state index < -0.39 is 10.1 Å². The lowest BCUT2D eigenvalue weighted by molar-refractivity contribution is 0.355. The first-order chi connectivity index (χ1) is 10.9. The Morgan fingerprint density at radius 2 is 1.78 bits per heavy atom.